The molecular weight excluding hydrogens is 469 g/mol. The quantitative estimate of drug-likeness (QED) is 0.192. The third-order valence-electron chi connectivity index (χ3n) is 6.33. The molecule has 3 rings (SSSR count). The van der Waals surface area contributed by atoms with Crippen LogP contribution < -0.4 is 15.8 Å². The molecule has 188 valence electrons. The second-order valence-electron chi connectivity index (χ2n) is 8.98. The lowest BCUT2D eigenvalue weighted by molar-refractivity contribution is -0.154. The fraction of sp³-hybridized carbons (Fsp3) is 0.667. The van der Waals surface area contributed by atoms with Gasteiger partial charge in [0, 0.05) is 20.6 Å². The second kappa shape index (κ2) is 11.6. The van der Waals surface area contributed by atoms with E-state index in [9.17, 15) is 24.0 Å². The van der Waals surface area contributed by atoms with Crippen LogP contribution in [0.4, 0.5) is 16.2 Å². The van der Waals surface area contributed by atoms with Gasteiger partial charge in [0.25, 0.3) is 0 Å². The molecule has 1 saturated heterocycles. The first kappa shape index (κ1) is 25.9. The molecule has 1 aromatic rings. The molecule has 1 aromatic heterocycles. The molecule has 1 unspecified atom stereocenters. The van der Waals surface area contributed by atoms with Gasteiger partial charge in [-0.1, -0.05) is 37.3 Å². The number of rotatable bonds is 10. The Morgan fingerprint density at radius 3 is 2.62 bits per heavy atom. The fourth-order valence-corrected chi connectivity index (χ4v) is 4.80. The number of hydrogen-bond acceptors (Lipinski definition) is 8. The summed E-state index contributed by atoms with van der Waals surface area (Å²) in [6.45, 7) is 0.258. The zero-order chi connectivity index (χ0) is 24.8. The van der Waals surface area contributed by atoms with Gasteiger partial charge in [0.15, 0.2) is 11.0 Å². The number of hydrogen-bond donors (Lipinski definition) is 3. The molecule has 0 spiro atoms. The molecule has 1 aliphatic carbocycles. The van der Waals surface area contributed by atoms with Crippen LogP contribution in [-0.2, 0) is 14.4 Å². The van der Waals surface area contributed by atoms with E-state index in [2.05, 4.69) is 20.8 Å². The van der Waals surface area contributed by atoms with E-state index >= 15 is 0 Å². The van der Waals surface area contributed by atoms with Crippen LogP contribution in [0.25, 0.3) is 0 Å². The number of carbonyl (C=O) groups is 3. The first-order valence-electron chi connectivity index (χ1n) is 11.4. The van der Waals surface area contributed by atoms with Crippen molar-refractivity contribution >= 4 is 41.6 Å². The molecule has 2 aliphatic rings. The largest absolute Gasteiger partial charge is 0.347 e. The van der Waals surface area contributed by atoms with Gasteiger partial charge in [0.1, 0.15) is 6.04 Å². The molecule has 0 aromatic carbocycles. The van der Waals surface area contributed by atoms with E-state index in [1.807, 2.05) is 0 Å². The maximum atomic E-state index is 14.8. The number of nitrogens with zero attached hydrogens (tertiary/aromatic N) is 5. The van der Waals surface area contributed by atoms with Crippen LogP contribution in [0, 0.1) is 17.7 Å². The van der Waals surface area contributed by atoms with E-state index in [1.165, 1.54) is 4.90 Å². The van der Waals surface area contributed by atoms with E-state index in [0.717, 1.165) is 25.7 Å². The SMILES string of the molecule is CN(C)C(=O)[C@@H]1CCCN1c1nc(NNC(=O)C(CC2CCCC2)CN(O)C=O)nc(Cl)c1F. The van der Waals surface area contributed by atoms with Crippen LogP contribution >= 0.6 is 11.6 Å². The summed E-state index contributed by atoms with van der Waals surface area (Å²) < 4.78 is 14.8. The molecule has 0 radical (unpaired) electrons. The number of nitrogens with one attached hydrogen (secondary N) is 2. The van der Waals surface area contributed by atoms with Gasteiger partial charge in [-0.25, -0.2) is 5.06 Å². The van der Waals surface area contributed by atoms with E-state index in [1.54, 1.807) is 19.0 Å². The topological polar surface area (TPSA) is 131 Å². The average molecular weight is 500 g/mol. The van der Waals surface area contributed by atoms with Crippen molar-refractivity contribution in [1.29, 1.82) is 0 Å². The highest BCUT2D eigenvalue weighted by atomic mass is 35.5. The lowest BCUT2D eigenvalue weighted by atomic mass is 9.92. The van der Waals surface area contributed by atoms with Crippen molar-refractivity contribution in [2.45, 2.75) is 51.0 Å². The van der Waals surface area contributed by atoms with Gasteiger partial charge in [-0.15, -0.1) is 0 Å². The Morgan fingerprint density at radius 1 is 1.26 bits per heavy atom. The Bertz CT molecular complexity index is 900. The van der Waals surface area contributed by atoms with Crippen LogP contribution in [-0.4, -0.2) is 76.6 Å². The van der Waals surface area contributed by atoms with Gasteiger partial charge in [-0.3, -0.25) is 30.4 Å². The van der Waals surface area contributed by atoms with Crippen molar-refractivity contribution in [3.8, 4) is 0 Å². The highest BCUT2D eigenvalue weighted by Crippen LogP contribution is 2.32. The zero-order valence-electron chi connectivity index (χ0n) is 19.3. The van der Waals surface area contributed by atoms with Crippen LogP contribution in [0.5, 0.6) is 0 Å². The summed E-state index contributed by atoms with van der Waals surface area (Å²) in [4.78, 5) is 47.2. The number of aromatic nitrogens is 2. The number of carbonyl (C=O) groups excluding carboxylic acids is 3. The Balaban J connectivity index is 1.73. The third-order valence-corrected chi connectivity index (χ3v) is 6.58. The van der Waals surface area contributed by atoms with Crippen molar-refractivity contribution in [3.63, 3.8) is 0 Å². The number of amides is 3. The maximum Gasteiger partial charge on any atom is 0.245 e. The highest BCUT2D eigenvalue weighted by Gasteiger charge is 2.35. The van der Waals surface area contributed by atoms with Gasteiger partial charge in [0.2, 0.25) is 30.0 Å². The summed E-state index contributed by atoms with van der Waals surface area (Å²) in [5.74, 6) is -2.10. The summed E-state index contributed by atoms with van der Waals surface area (Å²) in [6.07, 6.45) is 6.16. The molecule has 11 nitrogen and oxygen atoms in total. The molecule has 2 atom stereocenters. The minimum atomic E-state index is -0.849. The molecule has 3 N–H and O–H groups in total. The zero-order valence-corrected chi connectivity index (χ0v) is 20.1. The monoisotopic (exact) mass is 499 g/mol. The molecule has 2 heterocycles. The summed E-state index contributed by atoms with van der Waals surface area (Å²) in [7, 11) is 3.26. The second-order valence-corrected chi connectivity index (χ2v) is 9.34. The smallest absolute Gasteiger partial charge is 0.245 e. The van der Waals surface area contributed by atoms with E-state index in [0.29, 0.717) is 36.8 Å². The molecular formula is C21H31ClFN7O4. The van der Waals surface area contributed by atoms with Gasteiger partial charge < -0.3 is 9.80 Å². The fourth-order valence-electron chi connectivity index (χ4n) is 4.63. The average Bonchev–Trinajstić information content (AvgIpc) is 3.50. The van der Waals surface area contributed by atoms with Crippen LogP contribution in [0.15, 0.2) is 0 Å². The number of anilines is 2. The summed E-state index contributed by atoms with van der Waals surface area (Å²) in [6, 6.07) is -0.576. The Hall–Kier alpha value is -2.73. The van der Waals surface area contributed by atoms with Crippen LogP contribution in [0.3, 0.4) is 0 Å². The van der Waals surface area contributed by atoms with E-state index in [-0.39, 0.29) is 30.6 Å². The number of halogens is 2. The van der Waals surface area contributed by atoms with Gasteiger partial charge >= 0.3 is 0 Å². The van der Waals surface area contributed by atoms with E-state index in [4.69, 9.17) is 11.6 Å². The normalized spacial score (nSPS) is 19.1. The highest BCUT2D eigenvalue weighted by molar-refractivity contribution is 6.29. The minimum Gasteiger partial charge on any atom is -0.347 e. The van der Waals surface area contributed by atoms with Crippen molar-refractivity contribution in [2.75, 3.05) is 37.5 Å². The van der Waals surface area contributed by atoms with Crippen molar-refractivity contribution < 1.29 is 24.0 Å². The first-order valence-corrected chi connectivity index (χ1v) is 11.8. The number of likely N-dealkylation sites (N-methyl/N-ethyl adjacent to an activating group) is 1. The minimum absolute atomic E-state index is 0.126. The van der Waals surface area contributed by atoms with Gasteiger partial charge in [-0.2, -0.15) is 14.4 Å². The summed E-state index contributed by atoms with van der Waals surface area (Å²) >= 11 is 5.99. The van der Waals surface area contributed by atoms with Gasteiger partial charge in [0.05, 0.1) is 12.5 Å². The molecule has 1 saturated carbocycles. The predicted octanol–water partition coefficient (Wildman–Crippen LogP) is 1.81. The Morgan fingerprint density at radius 2 is 1.97 bits per heavy atom. The third kappa shape index (κ3) is 6.23. The molecule has 3 amide bonds. The maximum absolute atomic E-state index is 14.8. The predicted molar refractivity (Wildman–Crippen MR) is 122 cm³/mol. The number of hydroxylamine groups is 2. The first-order chi connectivity index (χ1) is 16.2. The standard InChI is InChI=1S/C21H31ClFN7O4/c1-28(2)20(33)15-8-5-9-30(15)18-16(23)17(22)24-21(25-18)27-26-19(32)14(11-29(34)12-31)10-13-6-3-4-7-13/h12-15,34H,3-11H2,1-2H3,(H,26,32)(H,24,25,27)/t14?,15-/m0/s1. The molecule has 34 heavy (non-hydrogen) atoms. The van der Waals surface area contributed by atoms with Crippen LogP contribution in [0.1, 0.15) is 44.9 Å². The van der Waals surface area contributed by atoms with Crippen molar-refractivity contribution in [3.05, 3.63) is 11.0 Å². The molecule has 0 bridgehead atoms. The molecule has 2 fully saturated rings. The van der Waals surface area contributed by atoms with Crippen LogP contribution in [0.2, 0.25) is 5.15 Å². The Kier molecular flexibility index (Phi) is 8.84. The van der Waals surface area contributed by atoms with Crippen molar-refractivity contribution in [2.24, 2.45) is 11.8 Å². The summed E-state index contributed by atoms with van der Waals surface area (Å²) in [5.41, 5.74) is 5.03. The lowest BCUT2D eigenvalue weighted by Gasteiger charge is -2.27. The van der Waals surface area contributed by atoms with Crippen molar-refractivity contribution in [1.82, 2.24) is 25.4 Å². The Labute approximate surface area is 202 Å². The molecule has 1 aliphatic heterocycles. The van der Waals surface area contributed by atoms with Gasteiger partial charge in [-0.05, 0) is 25.2 Å². The van der Waals surface area contributed by atoms with E-state index < -0.39 is 28.8 Å². The number of hydrazine groups is 1. The lowest BCUT2D eigenvalue weighted by Crippen LogP contribution is -2.44. The molecule has 13 heteroatoms. The summed E-state index contributed by atoms with van der Waals surface area (Å²) in [5, 5.41) is 9.61.